The van der Waals surface area contributed by atoms with E-state index in [-0.39, 0.29) is 6.04 Å². The zero-order valence-electron chi connectivity index (χ0n) is 15.6. The summed E-state index contributed by atoms with van der Waals surface area (Å²) in [4.78, 5) is 10.2. The Labute approximate surface area is 154 Å². The van der Waals surface area contributed by atoms with Crippen molar-refractivity contribution in [3.8, 4) is 5.75 Å². The van der Waals surface area contributed by atoms with E-state index < -0.39 is 0 Å². The number of aryl methyl sites for hydroxylation is 2. The number of hydrogen-bond acceptors (Lipinski definition) is 3. The van der Waals surface area contributed by atoms with Crippen molar-refractivity contribution in [3.05, 3.63) is 82.4 Å². The standard InChI is InChI=1S/C22H25N3O/c1-15-4-6-17(7-5-15)22-20-9-8-19(26-3)12-18(20)10-11-25(22)13-21-16(2)23-14-24-21/h4-9,12,14,22H,10-11,13H2,1-3H3,(H,23,24). The number of nitrogens with one attached hydrogen (secondary N) is 1. The highest BCUT2D eigenvalue weighted by atomic mass is 16.5. The van der Waals surface area contributed by atoms with Crippen LogP contribution in [0.2, 0.25) is 0 Å². The summed E-state index contributed by atoms with van der Waals surface area (Å²) in [6.07, 6.45) is 2.81. The third-order valence-corrected chi connectivity index (χ3v) is 5.36. The molecule has 1 N–H and O–H groups in total. The van der Waals surface area contributed by atoms with Crippen molar-refractivity contribution in [1.29, 1.82) is 0 Å². The van der Waals surface area contributed by atoms with Crippen LogP contribution in [0.25, 0.3) is 0 Å². The molecule has 3 aromatic rings. The topological polar surface area (TPSA) is 41.1 Å². The van der Waals surface area contributed by atoms with Gasteiger partial charge in [-0.1, -0.05) is 35.9 Å². The Bertz CT molecular complexity index is 898. The molecule has 2 aromatic carbocycles. The Morgan fingerprint density at radius 3 is 2.65 bits per heavy atom. The number of rotatable bonds is 4. The molecule has 134 valence electrons. The van der Waals surface area contributed by atoms with Gasteiger partial charge in [0.25, 0.3) is 0 Å². The van der Waals surface area contributed by atoms with E-state index in [4.69, 9.17) is 4.74 Å². The van der Waals surface area contributed by atoms with E-state index in [1.807, 2.05) is 0 Å². The zero-order chi connectivity index (χ0) is 18.1. The number of nitrogens with zero attached hydrogens (tertiary/aromatic N) is 2. The summed E-state index contributed by atoms with van der Waals surface area (Å²) in [7, 11) is 1.73. The number of H-pyrrole nitrogens is 1. The van der Waals surface area contributed by atoms with Crippen LogP contribution in [0.5, 0.6) is 5.75 Å². The van der Waals surface area contributed by atoms with Crippen molar-refractivity contribution in [3.63, 3.8) is 0 Å². The Morgan fingerprint density at radius 2 is 1.96 bits per heavy atom. The van der Waals surface area contributed by atoms with Gasteiger partial charge < -0.3 is 9.72 Å². The van der Waals surface area contributed by atoms with Crippen molar-refractivity contribution in [2.24, 2.45) is 0 Å². The largest absolute Gasteiger partial charge is 0.497 e. The molecule has 0 amide bonds. The molecule has 2 heterocycles. The molecule has 0 aliphatic carbocycles. The molecular weight excluding hydrogens is 322 g/mol. The van der Waals surface area contributed by atoms with Crippen LogP contribution in [0.1, 0.15) is 39.7 Å². The number of ether oxygens (including phenoxy) is 1. The lowest BCUT2D eigenvalue weighted by atomic mass is 9.87. The lowest BCUT2D eigenvalue weighted by Gasteiger charge is -2.37. The minimum atomic E-state index is 0.237. The number of hydrogen-bond donors (Lipinski definition) is 1. The van der Waals surface area contributed by atoms with Crippen LogP contribution in [-0.4, -0.2) is 28.5 Å². The first-order valence-corrected chi connectivity index (χ1v) is 9.12. The first-order chi connectivity index (χ1) is 12.7. The highest BCUT2D eigenvalue weighted by Crippen LogP contribution is 2.37. The highest BCUT2D eigenvalue weighted by molar-refractivity contribution is 5.44. The van der Waals surface area contributed by atoms with E-state index >= 15 is 0 Å². The van der Waals surface area contributed by atoms with Crippen molar-refractivity contribution < 1.29 is 4.74 Å². The van der Waals surface area contributed by atoms with Gasteiger partial charge in [-0.15, -0.1) is 0 Å². The third-order valence-electron chi connectivity index (χ3n) is 5.36. The number of aromatic amines is 1. The lowest BCUT2D eigenvalue weighted by molar-refractivity contribution is 0.201. The second kappa shape index (κ2) is 6.96. The van der Waals surface area contributed by atoms with Gasteiger partial charge in [0.05, 0.1) is 25.2 Å². The molecule has 1 aliphatic rings. The summed E-state index contributed by atoms with van der Waals surface area (Å²) >= 11 is 0. The summed E-state index contributed by atoms with van der Waals surface area (Å²) in [6.45, 7) is 6.07. The molecule has 1 atom stereocenters. The van der Waals surface area contributed by atoms with Crippen LogP contribution in [-0.2, 0) is 13.0 Å². The molecule has 4 heteroatoms. The van der Waals surface area contributed by atoms with Gasteiger partial charge in [-0.2, -0.15) is 0 Å². The van der Waals surface area contributed by atoms with Crippen molar-refractivity contribution >= 4 is 0 Å². The maximum Gasteiger partial charge on any atom is 0.119 e. The molecule has 1 unspecified atom stereocenters. The van der Waals surface area contributed by atoms with Gasteiger partial charge in [-0.05, 0) is 49.1 Å². The fraction of sp³-hybridized carbons (Fsp3) is 0.318. The third kappa shape index (κ3) is 3.13. The minimum Gasteiger partial charge on any atom is -0.497 e. The molecule has 0 saturated heterocycles. The lowest BCUT2D eigenvalue weighted by Crippen LogP contribution is -2.36. The molecule has 0 spiro atoms. The maximum absolute atomic E-state index is 5.44. The normalized spacial score (nSPS) is 17.1. The Balaban J connectivity index is 1.76. The number of benzene rings is 2. The monoisotopic (exact) mass is 347 g/mol. The van der Waals surface area contributed by atoms with Gasteiger partial charge >= 0.3 is 0 Å². The van der Waals surface area contributed by atoms with Crippen molar-refractivity contribution in [1.82, 2.24) is 14.9 Å². The highest BCUT2D eigenvalue weighted by Gasteiger charge is 2.29. The Kier molecular flexibility index (Phi) is 4.51. The second-order valence-electron chi connectivity index (χ2n) is 7.07. The first-order valence-electron chi connectivity index (χ1n) is 9.12. The molecule has 1 aliphatic heterocycles. The molecule has 26 heavy (non-hydrogen) atoms. The van der Waals surface area contributed by atoms with E-state index in [1.54, 1.807) is 13.4 Å². The molecule has 0 bridgehead atoms. The van der Waals surface area contributed by atoms with E-state index in [9.17, 15) is 0 Å². The van der Waals surface area contributed by atoms with E-state index in [0.717, 1.165) is 36.6 Å². The average Bonchev–Trinajstić information content (AvgIpc) is 3.07. The molecule has 0 fully saturated rings. The summed E-state index contributed by atoms with van der Waals surface area (Å²) in [5, 5.41) is 0. The quantitative estimate of drug-likeness (QED) is 0.770. The van der Waals surface area contributed by atoms with Gasteiger partial charge in [0.15, 0.2) is 0 Å². The average molecular weight is 347 g/mol. The fourth-order valence-electron chi connectivity index (χ4n) is 3.83. The van der Waals surface area contributed by atoms with Gasteiger partial charge in [-0.3, -0.25) is 4.90 Å². The summed E-state index contributed by atoms with van der Waals surface area (Å²) in [6, 6.07) is 15.6. The molecule has 0 radical (unpaired) electrons. The van der Waals surface area contributed by atoms with Crippen molar-refractivity contribution in [2.75, 3.05) is 13.7 Å². The predicted molar refractivity (Wildman–Crippen MR) is 103 cm³/mol. The summed E-state index contributed by atoms with van der Waals surface area (Å²) in [5.74, 6) is 0.933. The van der Waals surface area contributed by atoms with E-state index in [2.05, 4.69) is 71.2 Å². The first kappa shape index (κ1) is 16.9. The van der Waals surface area contributed by atoms with Crippen LogP contribution in [0.4, 0.5) is 0 Å². The van der Waals surface area contributed by atoms with Crippen molar-refractivity contribution in [2.45, 2.75) is 32.9 Å². The van der Waals surface area contributed by atoms with E-state index in [1.165, 1.54) is 22.3 Å². The van der Waals surface area contributed by atoms with Crippen LogP contribution in [0.3, 0.4) is 0 Å². The molecular formula is C22H25N3O. The molecule has 1 aromatic heterocycles. The molecule has 4 nitrogen and oxygen atoms in total. The minimum absolute atomic E-state index is 0.237. The van der Waals surface area contributed by atoms with Crippen LogP contribution >= 0.6 is 0 Å². The van der Waals surface area contributed by atoms with Gasteiger partial charge in [-0.25, -0.2) is 4.98 Å². The number of methoxy groups -OCH3 is 1. The molecule has 4 rings (SSSR count). The summed E-state index contributed by atoms with van der Waals surface area (Å²) < 4.78 is 5.44. The van der Waals surface area contributed by atoms with E-state index in [0.29, 0.717) is 0 Å². The molecule has 0 saturated carbocycles. The van der Waals surface area contributed by atoms with Gasteiger partial charge in [0.1, 0.15) is 5.75 Å². The van der Waals surface area contributed by atoms with Crippen LogP contribution in [0, 0.1) is 13.8 Å². The van der Waals surface area contributed by atoms with Crippen LogP contribution < -0.4 is 4.74 Å². The predicted octanol–water partition coefficient (Wildman–Crippen LogP) is 4.18. The Morgan fingerprint density at radius 1 is 1.15 bits per heavy atom. The number of fused-ring (bicyclic) bond motifs is 1. The Hall–Kier alpha value is -2.59. The number of aromatic nitrogens is 2. The fourth-order valence-corrected chi connectivity index (χ4v) is 3.83. The van der Waals surface area contributed by atoms with Crippen LogP contribution in [0.15, 0.2) is 48.8 Å². The SMILES string of the molecule is COc1ccc2c(c1)CCN(Cc1nc[nH]c1C)C2c1ccc(C)cc1. The van der Waals surface area contributed by atoms with Gasteiger partial charge in [0, 0.05) is 18.8 Å². The second-order valence-corrected chi connectivity index (χ2v) is 7.07. The maximum atomic E-state index is 5.44. The van der Waals surface area contributed by atoms with Gasteiger partial charge in [0.2, 0.25) is 0 Å². The number of imidazole rings is 1. The summed E-state index contributed by atoms with van der Waals surface area (Å²) in [5.41, 5.74) is 7.63. The zero-order valence-corrected chi connectivity index (χ0v) is 15.6. The smallest absolute Gasteiger partial charge is 0.119 e.